The molecule has 0 saturated carbocycles. The van der Waals surface area contributed by atoms with E-state index in [0.717, 1.165) is 6.07 Å². The van der Waals surface area contributed by atoms with Gasteiger partial charge in [0, 0.05) is 23.4 Å². The Balaban J connectivity index is 2.48. The Labute approximate surface area is 108 Å². The Hall–Kier alpha value is -2.50. The van der Waals surface area contributed by atoms with E-state index in [2.05, 4.69) is 0 Å². The zero-order valence-electron chi connectivity index (χ0n) is 10.2. The lowest BCUT2D eigenvalue weighted by molar-refractivity contribution is -0.387. The Morgan fingerprint density at radius 3 is 2.58 bits per heavy atom. The molecule has 2 rings (SSSR count). The normalized spacial score (nSPS) is 10.4. The number of halogens is 1. The van der Waals surface area contributed by atoms with Crippen molar-refractivity contribution < 1.29 is 9.31 Å². The van der Waals surface area contributed by atoms with Gasteiger partial charge < -0.3 is 4.57 Å². The van der Waals surface area contributed by atoms with Gasteiger partial charge in [-0.1, -0.05) is 18.2 Å². The van der Waals surface area contributed by atoms with Crippen molar-refractivity contribution in [1.29, 1.82) is 0 Å². The number of hydrogen-bond acceptors (Lipinski definition) is 3. The van der Waals surface area contributed by atoms with E-state index in [4.69, 9.17) is 0 Å². The van der Waals surface area contributed by atoms with E-state index >= 15 is 0 Å². The lowest BCUT2D eigenvalue weighted by Crippen LogP contribution is -2.22. The highest BCUT2D eigenvalue weighted by atomic mass is 19.1. The standard InChI is InChI=1S/C13H11FN2O3/c1-9-4-2-7-12(17)15(9)8-10-5-3-6-11(13(10)14)16(18)19/h2-7H,8H2,1H3. The summed E-state index contributed by atoms with van der Waals surface area (Å²) in [6, 6.07) is 8.62. The molecule has 0 atom stereocenters. The number of nitro benzene ring substituents is 1. The molecule has 0 aliphatic carbocycles. The monoisotopic (exact) mass is 262 g/mol. The van der Waals surface area contributed by atoms with Gasteiger partial charge in [-0.05, 0) is 13.0 Å². The molecule has 0 spiro atoms. The van der Waals surface area contributed by atoms with Crippen LogP contribution in [0.2, 0.25) is 0 Å². The van der Waals surface area contributed by atoms with Crippen molar-refractivity contribution in [2.45, 2.75) is 13.5 Å². The fourth-order valence-corrected chi connectivity index (χ4v) is 1.83. The average molecular weight is 262 g/mol. The molecule has 6 heteroatoms. The zero-order valence-corrected chi connectivity index (χ0v) is 10.2. The number of nitrogens with zero attached hydrogens (tertiary/aromatic N) is 2. The van der Waals surface area contributed by atoms with Crippen molar-refractivity contribution in [3.8, 4) is 0 Å². The van der Waals surface area contributed by atoms with Crippen molar-refractivity contribution in [2.24, 2.45) is 0 Å². The van der Waals surface area contributed by atoms with E-state index in [1.54, 1.807) is 19.1 Å². The minimum Gasteiger partial charge on any atom is -0.308 e. The van der Waals surface area contributed by atoms with Gasteiger partial charge in [-0.15, -0.1) is 0 Å². The van der Waals surface area contributed by atoms with Gasteiger partial charge in [0.2, 0.25) is 5.82 Å². The third-order valence-corrected chi connectivity index (χ3v) is 2.85. The lowest BCUT2D eigenvalue weighted by atomic mass is 10.1. The molecule has 0 fully saturated rings. The van der Waals surface area contributed by atoms with E-state index in [1.165, 1.54) is 22.8 Å². The molecule has 0 bridgehead atoms. The number of benzene rings is 1. The number of aromatic nitrogens is 1. The van der Waals surface area contributed by atoms with Crippen LogP contribution in [0, 0.1) is 22.9 Å². The maximum atomic E-state index is 13.9. The number of rotatable bonds is 3. The molecule has 98 valence electrons. The first-order valence-corrected chi connectivity index (χ1v) is 5.59. The van der Waals surface area contributed by atoms with Crippen LogP contribution in [-0.4, -0.2) is 9.49 Å². The quantitative estimate of drug-likeness (QED) is 0.629. The molecule has 0 N–H and O–H groups in total. The number of pyridine rings is 1. The number of nitro groups is 1. The van der Waals surface area contributed by atoms with Gasteiger partial charge in [-0.2, -0.15) is 4.39 Å². The fourth-order valence-electron chi connectivity index (χ4n) is 1.83. The van der Waals surface area contributed by atoms with Gasteiger partial charge in [0.05, 0.1) is 11.5 Å². The van der Waals surface area contributed by atoms with Crippen LogP contribution >= 0.6 is 0 Å². The third-order valence-electron chi connectivity index (χ3n) is 2.85. The average Bonchev–Trinajstić information content (AvgIpc) is 2.35. The zero-order chi connectivity index (χ0) is 14.0. The second kappa shape index (κ2) is 5.01. The SMILES string of the molecule is Cc1cccc(=O)n1Cc1cccc([N+](=O)[O-])c1F. The van der Waals surface area contributed by atoms with Gasteiger partial charge in [0.1, 0.15) is 0 Å². The second-order valence-electron chi connectivity index (χ2n) is 4.10. The summed E-state index contributed by atoms with van der Waals surface area (Å²) in [5.41, 5.74) is -0.0750. The van der Waals surface area contributed by atoms with Crippen molar-refractivity contribution >= 4 is 5.69 Å². The molecule has 1 aromatic heterocycles. The molecule has 0 amide bonds. The molecule has 0 saturated heterocycles. The first-order chi connectivity index (χ1) is 9.00. The van der Waals surface area contributed by atoms with Gasteiger partial charge in [-0.25, -0.2) is 0 Å². The fraction of sp³-hybridized carbons (Fsp3) is 0.154. The van der Waals surface area contributed by atoms with Crippen LogP contribution in [0.4, 0.5) is 10.1 Å². The summed E-state index contributed by atoms with van der Waals surface area (Å²) in [7, 11) is 0. The Bertz CT molecular complexity index is 695. The Kier molecular flexibility index (Phi) is 3.41. The first kappa shape index (κ1) is 12.9. The van der Waals surface area contributed by atoms with E-state index in [-0.39, 0.29) is 17.7 Å². The van der Waals surface area contributed by atoms with Gasteiger partial charge in [0.25, 0.3) is 5.56 Å². The predicted molar refractivity (Wildman–Crippen MR) is 67.6 cm³/mol. The van der Waals surface area contributed by atoms with Crippen LogP contribution in [-0.2, 0) is 6.54 Å². The highest BCUT2D eigenvalue weighted by Crippen LogP contribution is 2.20. The van der Waals surface area contributed by atoms with Crippen molar-refractivity contribution in [3.63, 3.8) is 0 Å². The molecule has 0 unspecified atom stereocenters. The minimum atomic E-state index is -0.900. The van der Waals surface area contributed by atoms with Crippen molar-refractivity contribution in [3.05, 3.63) is 73.9 Å². The highest BCUT2D eigenvalue weighted by Gasteiger charge is 2.17. The summed E-state index contributed by atoms with van der Waals surface area (Å²) in [5, 5.41) is 10.7. The van der Waals surface area contributed by atoms with Gasteiger partial charge >= 0.3 is 5.69 Å². The van der Waals surface area contributed by atoms with Gasteiger partial charge in [0.15, 0.2) is 0 Å². The predicted octanol–water partition coefficient (Wildman–Crippen LogP) is 2.25. The molecule has 1 aromatic carbocycles. The molecule has 1 heterocycles. The van der Waals surface area contributed by atoms with E-state index in [1.807, 2.05) is 0 Å². The van der Waals surface area contributed by atoms with Crippen LogP contribution in [0.5, 0.6) is 0 Å². The highest BCUT2D eigenvalue weighted by molar-refractivity contribution is 5.37. The molecule has 2 aromatic rings. The summed E-state index contributed by atoms with van der Waals surface area (Å²) in [4.78, 5) is 21.6. The summed E-state index contributed by atoms with van der Waals surface area (Å²) < 4.78 is 15.3. The van der Waals surface area contributed by atoms with Gasteiger partial charge in [-0.3, -0.25) is 14.9 Å². The Morgan fingerprint density at radius 2 is 1.95 bits per heavy atom. The van der Waals surface area contributed by atoms with Crippen LogP contribution in [0.15, 0.2) is 41.2 Å². The number of hydrogen-bond donors (Lipinski definition) is 0. The van der Waals surface area contributed by atoms with Crippen LogP contribution in [0.1, 0.15) is 11.3 Å². The van der Waals surface area contributed by atoms with Crippen LogP contribution in [0.3, 0.4) is 0 Å². The van der Waals surface area contributed by atoms with E-state index in [0.29, 0.717) is 5.69 Å². The van der Waals surface area contributed by atoms with Crippen LogP contribution in [0.25, 0.3) is 0 Å². The lowest BCUT2D eigenvalue weighted by Gasteiger charge is -2.10. The summed E-state index contributed by atoms with van der Waals surface area (Å²) in [5.74, 6) is -0.900. The number of aryl methyl sites for hydroxylation is 1. The third kappa shape index (κ3) is 2.52. The molecular formula is C13H11FN2O3. The Morgan fingerprint density at radius 1 is 1.26 bits per heavy atom. The van der Waals surface area contributed by atoms with E-state index < -0.39 is 16.4 Å². The van der Waals surface area contributed by atoms with Crippen molar-refractivity contribution in [1.82, 2.24) is 4.57 Å². The molecule has 0 aliphatic heterocycles. The largest absolute Gasteiger partial charge is 0.308 e. The summed E-state index contributed by atoms with van der Waals surface area (Å²) in [6.07, 6.45) is 0. The maximum Gasteiger partial charge on any atom is 0.305 e. The maximum absolute atomic E-state index is 13.9. The topological polar surface area (TPSA) is 65.1 Å². The van der Waals surface area contributed by atoms with Crippen molar-refractivity contribution in [2.75, 3.05) is 0 Å². The molecule has 19 heavy (non-hydrogen) atoms. The molecule has 0 aliphatic rings. The smallest absolute Gasteiger partial charge is 0.305 e. The van der Waals surface area contributed by atoms with Crippen LogP contribution < -0.4 is 5.56 Å². The molecule has 5 nitrogen and oxygen atoms in total. The first-order valence-electron chi connectivity index (χ1n) is 5.59. The molecule has 0 radical (unpaired) electrons. The van der Waals surface area contributed by atoms with E-state index in [9.17, 15) is 19.3 Å². The second-order valence-corrected chi connectivity index (χ2v) is 4.10. The summed E-state index contributed by atoms with van der Waals surface area (Å²) in [6.45, 7) is 1.69. The minimum absolute atomic E-state index is 0.0288. The summed E-state index contributed by atoms with van der Waals surface area (Å²) >= 11 is 0. The molecular weight excluding hydrogens is 251 g/mol.